The van der Waals surface area contributed by atoms with E-state index >= 15 is 0 Å². The summed E-state index contributed by atoms with van der Waals surface area (Å²) < 4.78 is 5.89. The molecule has 0 aliphatic carbocycles. The van der Waals surface area contributed by atoms with Gasteiger partial charge in [-0.05, 0) is 64.7 Å². The van der Waals surface area contributed by atoms with Crippen molar-refractivity contribution in [2.24, 2.45) is 4.99 Å². The van der Waals surface area contributed by atoms with Crippen LogP contribution in [0.3, 0.4) is 0 Å². The van der Waals surface area contributed by atoms with E-state index in [0.29, 0.717) is 11.6 Å². The summed E-state index contributed by atoms with van der Waals surface area (Å²) in [6.45, 7) is 12.1. The van der Waals surface area contributed by atoms with E-state index in [1.165, 1.54) is 19.5 Å². The number of likely N-dealkylation sites (N-methyl/N-ethyl adjacent to an activating group) is 1. The van der Waals surface area contributed by atoms with Gasteiger partial charge in [-0.3, -0.25) is 0 Å². The SMILES string of the molecule is CCNC(=NCC(C)Oc1ccc(Cl)cc1)NCCN1CCCN(C)CC1.I. The highest BCUT2D eigenvalue weighted by molar-refractivity contribution is 14.0. The highest BCUT2D eigenvalue weighted by Crippen LogP contribution is 2.16. The zero-order valence-electron chi connectivity index (χ0n) is 17.3. The molecule has 0 aromatic heterocycles. The Kier molecular flexibility index (Phi) is 12.9. The number of hydrogen-bond acceptors (Lipinski definition) is 4. The fraction of sp³-hybridized carbons (Fsp3) is 0.650. The van der Waals surface area contributed by atoms with E-state index in [9.17, 15) is 0 Å². The summed E-state index contributed by atoms with van der Waals surface area (Å²) in [4.78, 5) is 9.58. The Morgan fingerprint density at radius 2 is 1.93 bits per heavy atom. The second kappa shape index (κ2) is 14.3. The second-order valence-corrected chi connectivity index (χ2v) is 7.46. The van der Waals surface area contributed by atoms with Gasteiger partial charge in [0, 0.05) is 37.7 Å². The summed E-state index contributed by atoms with van der Waals surface area (Å²) in [6.07, 6.45) is 1.23. The Morgan fingerprint density at radius 1 is 1.18 bits per heavy atom. The molecule has 1 aromatic rings. The highest BCUT2D eigenvalue weighted by Gasteiger charge is 2.11. The van der Waals surface area contributed by atoms with Crippen LogP contribution in [0, 0.1) is 0 Å². The average Bonchev–Trinajstić information content (AvgIpc) is 2.86. The molecular weight excluding hydrogens is 489 g/mol. The summed E-state index contributed by atoms with van der Waals surface area (Å²) in [7, 11) is 2.20. The van der Waals surface area contributed by atoms with Gasteiger partial charge in [0.2, 0.25) is 0 Å². The molecule has 1 heterocycles. The monoisotopic (exact) mass is 523 g/mol. The summed E-state index contributed by atoms with van der Waals surface area (Å²) in [6, 6.07) is 7.42. The number of hydrogen-bond donors (Lipinski definition) is 2. The van der Waals surface area contributed by atoms with Crippen LogP contribution in [0.1, 0.15) is 20.3 Å². The van der Waals surface area contributed by atoms with Gasteiger partial charge in [-0.1, -0.05) is 11.6 Å². The van der Waals surface area contributed by atoms with Gasteiger partial charge in [-0.15, -0.1) is 24.0 Å². The van der Waals surface area contributed by atoms with Gasteiger partial charge in [0.25, 0.3) is 0 Å². The molecule has 1 saturated heterocycles. The number of ether oxygens (including phenoxy) is 1. The number of nitrogens with one attached hydrogen (secondary N) is 2. The maximum atomic E-state index is 5.91. The fourth-order valence-corrected chi connectivity index (χ4v) is 3.13. The smallest absolute Gasteiger partial charge is 0.191 e. The van der Waals surface area contributed by atoms with Crippen LogP contribution in [-0.2, 0) is 0 Å². The molecule has 2 N–H and O–H groups in total. The van der Waals surface area contributed by atoms with Crippen LogP contribution in [-0.4, -0.2) is 81.3 Å². The Morgan fingerprint density at radius 3 is 2.64 bits per heavy atom. The Balaban J connectivity index is 0.00000392. The number of rotatable bonds is 8. The number of aliphatic imine (C=N–C) groups is 1. The van der Waals surface area contributed by atoms with Crippen molar-refractivity contribution < 1.29 is 4.74 Å². The van der Waals surface area contributed by atoms with Crippen molar-refractivity contribution in [1.29, 1.82) is 0 Å². The van der Waals surface area contributed by atoms with Gasteiger partial charge < -0.3 is 25.2 Å². The molecule has 0 spiro atoms. The molecule has 2 rings (SSSR count). The molecule has 8 heteroatoms. The summed E-state index contributed by atoms with van der Waals surface area (Å²) in [5.74, 6) is 1.65. The summed E-state index contributed by atoms with van der Waals surface area (Å²) >= 11 is 5.91. The van der Waals surface area contributed by atoms with Gasteiger partial charge >= 0.3 is 0 Å². The number of nitrogens with zero attached hydrogens (tertiary/aromatic N) is 3. The predicted molar refractivity (Wildman–Crippen MR) is 129 cm³/mol. The molecule has 1 fully saturated rings. The molecule has 160 valence electrons. The van der Waals surface area contributed by atoms with E-state index < -0.39 is 0 Å². The second-order valence-electron chi connectivity index (χ2n) is 7.03. The van der Waals surface area contributed by atoms with Crippen LogP contribution in [0.4, 0.5) is 0 Å². The minimum absolute atomic E-state index is 0. The van der Waals surface area contributed by atoms with Crippen LogP contribution in [0.15, 0.2) is 29.3 Å². The Hall–Kier alpha value is -0.770. The minimum Gasteiger partial charge on any atom is -0.489 e. The van der Waals surface area contributed by atoms with Crippen molar-refractivity contribution in [3.63, 3.8) is 0 Å². The first-order chi connectivity index (χ1) is 13.1. The lowest BCUT2D eigenvalue weighted by Crippen LogP contribution is -2.42. The maximum Gasteiger partial charge on any atom is 0.191 e. The van der Waals surface area contributed by atoms with E-state index in [2.05, 4.69) is 39.4 Å². The van der Waals surface area contributed by atoms with Crippen LogP contribution < -0.4 is 15.4 Å². The van der Waals surface area contributed by atoms with E-state index in [-0.39, 0.29) is 30.1 Å². The van der Waals surface area contributed by atoms with Crippen molar-refractivity contribution in [2.45, 2.75) is 26.4 Å². The zero-order valence-corrected chi connectivity index (χ0v) is 20.4. The van der Waals surface area contributed by atoms with E-state index in [1.807, 2.05) is 31.2 Å². The Labute approximate surface area is 192 Å². The summed E-state index contributed by atoms with van der Waals surface area (Å²) in [5, 5.41) is 7.45. The molecule has 1 atom stereocenters. The quantitative estimate of drug-likeness (QED) is 0.312. The first kappa shape index (κ1) is 25.3. The predicted octanol–water partition coefficient (Wildman–Crippen LogP) is 2.92. The molecule has 1 aliphatic rings. The van der Waals surface area contributed by atoms with Crippen LogP contribution in [0.2, 0.25) is 5.02 Å². The Bertz CT molecular complexity index is 572. The van der Waals surface area contributed by atoms with Gasteiger partial charge in [-0.25, -0.2) is 4.99 Å². The lowest BCUT2D eigenvalue weighted by Gasteiger charge is -2.21. The lowest BCUT2D eigenvalue weighted by molar-refractivity contribution is 0.230. The highest BCUT2D eigenvalue weighted by atomic mass is 127. The van der Waals surface area contributed by atoms with Crippen molar-refractivity contribution in [3.8, 4) is 5.75 Å². The molecule has 6 nitrogen and oxygen atoms in total. The van der Waals surface area contributed by atoms with Crippen LogP contribution >= 0.6 is 35.6 Å². The molecule has 0 amide bonds. The van der Waals surface area contributed by atoms with Gasteiger partial charge in [0.15, 0.2) is 5.96 Å². The molecular formula is C20H35ClIN5O. The largest absolute Gasteiger partial charge is 0.489 e. The van der Waals surface area contributed by atoms with Crippen molar-refractivity contribution in [2.75, 3.05) is 59.4 Å². The number of benzene rings is 1. The average molecular weight is 524 g/mol. The number of halogens is 2. The van der Waals surface area contributed by atoms with Gasteiger partial charge in [0.05, 0.1) is 6.54 Å². The van der Waals surface area contributed by atoms with E-state index in [1.54, 1.807) is 0 Å². The first-order valence-electron chi connectivity index (χ1n) is 9.92. The lowest BCUT2D eigenvalue weighted by atomic mass is 10.3. The standard InChI is InChI=1S/C20H34ClN5O.HI/c1-4-22-20(23-10-13-26-12-5-11-25(3)14-15-26)24-16-17(2)27-19-8-6-18(21)7-9-19;/h6-9,17H,4-5,10-16H2,1-3H3,(H2,22,23,24);1H. The number of guanidine groups is 1. The topological polar surface area (TPSA) is 52.1 Å². The van der Waals surface area contributed by atoms with Gasteiger partial charge in [-0.2, -0.15) is 0 Å². The van der Waals surface area contributed by atoms with Crippen molar-refractivity contribution in [3.05, 3.63) is 29.3 Å². The third kappa shape index (κ3) is 10.1. The van der Waals surface area contributed by atoms with E-state index in [4.69, 9.17) is 16.3 Å². The molecule has 0 bridgehead atoms. The zero-order chi connectivity index (χ0) is 19.5. The third-order valence-corrected chi connectivity index (χ3v) is 4.79. The van der Waals surface area contributed by atoms with Crippen molar-refractivity contribution in [1.82, 2.24) is 20.4 Å². The molecule has 1 aliphatic heterocycles. The van der Waals surface area contributed by atoms with E-state index in [0.717, 1.165) is 44.4 Å². The minimum atomic E-state index is -0.0113. The maximum absolute atomic E-state index is 5.91. The fourth-order valence-electron chi connectivity index (χ4n) is 3.00. The molecule has 0 saturated carbocycles. The molecule has 1 unspecified atom stereocenters. The summed E-state index contributed by atoms with van der Waals surface area (Å²) in [5.41, 5.74) is 0. The first-order valence-corrected chi connectivity index (χ1v) is 10.3. The third-order valence-electron chi connectivity index (χ3n) is 4.53. The van der Waals surface area contributed by atoms with Crippen molar-refractivity contribution >= 4 is 41.5 Å². The molecule has 1 aromatic carbocycles. The molecule has 0 radical (unpaired) electrons. The normalized spacial score (nSPS) is 17.4. The molecule has 28 heavy (non-hydrogen) atoms. The van der Waals surface area contributed by atoms with Crippen LogP contribution in [0.5, 0.6) is 5.75 Å². The van der Waals surface area contributed by atoms with Crippen LogP contribution in [0.25, 0.3) is 0 Å². The van der Waals surface area contributed by atoms with Gasteiger partial charge in [0.1, 0.15) is 11.9 Å².